The molecule has 2 spiro atoms. The molecule has 4 aliphatic rings. The zero-order valence-electron chi connectivity index (χ0n) is 15.5. The molecule has 0 unspecified atom stereocenters. The van der Waals surface area contributed by atoms with Crippen LogP contribution in [0.1, 0.15) is 46.5 Å². The Kier molecular flexibility index (Phi) is 3.72. The van der Waals surface area contributed by atoms with E-state index in [1.54, 1.807) is 0 Å². The summed E-state index contributed by atoms with van der Waals surface area (Å²) in [7, 11) is 0. The van der Waals surface area contributed by atoms with Gasteiger partial charge >= 0.3 is 12.2 Å². The van der Waals surface area contributed by atoms with Gasteiger partial charge in [0.05, 0.1) is 12.1 Å². The lowest BCUT2D eigenvalue weighted by molar-refractivity contribution is -0.119. The Morgan fingerprint density at radius 1 is 1.28 bits per heavy atom. The minimum absolute atomic E-state index is 0.172. The number of likely N-dealkylation sites (tertiary alicyclic amines) is 2. The molecule has 3 saturated heterocycles. The molecule has 3 heterocycles. The number of nitrogens with zero attached hydrogens (tertiary/aromatic N) is 2. The van der Waals surface area contributed by atoms with Crippen molar-refractivity contribution in [2.75, 3.05) is 32.8 Å². The Bertz CT molecular complexity index is 569. The van der Waals surface area contributed by atoms with Gasteiger partial charge in [-0.1, -0.05) is 0 Å². The molecule has 1 N–H and O–H groups in total. The van der Waals surface area contributed by atoms with E-state index < -0.39 is 0 Å². The maximum Gasteiger partial charge on any atom is 0.409 e. The van der Waals surface area contributed by atoms with E-state index in [1.165, 1.54) is 0 Å². The molecule has 2 amide bonds. The lowest BCUT2D eigenvalue weighted by Crippen LogP contribution is -2.69. The van der Waals surface area contributed by atoms with Crippen molar-refractivity contribution in [1.82, 2.24) is 15.1 Å². The van der Waals surface area contributed by atoms with E-state index in [2.05, 4.69) is 24.1 Å². The number of ether oxygens (including phenoxy) is 2. The summed E-state index contributed by atoms with van der Waals surface area (Å²) < 4.78 is 10.7. The van der Waals surface area contributed by atoms with Crippen molar-refractivity contribution in [1.29, 1.82) is 0 Å². The first-order valence-corrected chi connectivity index (χ1v) is 9.45. The lowest BCUT2D eigenvalue weighted by Gasteiger charge is -2.61. The van der Waals surface area contributed by atoms with Crippen LogP contribution in [0.5, 0.6) is 0 Å². The van der Waals surface area contributed by atoms with E-state index in [9.17, 15) is 9.59 Å². The average Bonchev–Trinajstić information content (AvgIpc) is 2.67. The van der Waals surface area contributed by atoms with Crippen LogP contribution >= 0.6 is 0 Å². The van der Waals surface area contributed by atoms with Gasteiger partial charge in [0.15, 0.2) is 0 Å². The van der Waals surface area contributed by atoms with Crippen LogP contribution in [-0.4, -0.2) is 72.0 Å². The van der Waals surface area contributed by atoms with Crippen molar-refractivity contribution >= 4 is 12.2 Å². The highest BCUT2D eigenvalue weighted by Gasteiger charge is 2.59. The lowest BCUT2D eigenvalue weighted by atomic mass is 9.60. The van der Waals surface area contributed by atoms with Gasteiger partial charge < -0.3 is 24.6 Å². The van der Waals surface area contributed by atoms with Gasteiger partial charge in [0.2, 0.25) is 0 Å². The number of hydrogen-bond acceptors (Lipinski definition) is 5. The third kappa shape index (κ3) is 2.58. The zero-order valence-corrected chi connectivity index (χ0v) is 15.5. The van der Waals surface area contributed by atoms with Gasteiger partial charge in [-0.3, -0.25) is 0 Å². The molecule has 0 aromatic carbocycles. The maximum absolute atomic E-state index is 11.7. The van der Waals surface area contributed by atoms with Crippen LogP contribution in [0, 0.1) is 5.41 Å². The van der Waals surface area contributed by atoms with Crippen molar-refractivity contribution < 1.29 is 19.1 Å². The molecular weight excluding hydrogens is 322 g/mol. The largest absolute Gasteiger partial charge is 0.450 e. The van der Waals surface area contributed by atoms with E-state index in [1.807, 2.05) is 11.8 Å². The SMILES string of the molecule is CCOC(=O)N1CC2(CC(N3CCC4(CC3)OC(=O)NC4(C)C)C2)C1. The summed E-state index contributed by atoms with van der Waals surface area (Å²) in [5, 5.41) is 2.95. The summed E-state index contributed by atoms with van der Waals surface area (Å²) in [4.78, 5) is 27.8. The first-order valence-electron chi connectivity index (χ1n) is 9.45. The third-order valence-electron chi connectivity index (χ3n) is 6.88. The van der Waals surface area contributed by atoms with Crippen LogP contribution in [-0.2, 0) is 9.47 Å². The summed E-state index contributed by atoms with van der Waals surface area (Å²) in [5.41, 5.74) is -0.336. The monoisotopic (exact) mass is 351 g/mol. The molecule has 0 bridgehead atoms. The van der Waals surface area contributed by atoms with E-state index in [-0.39, 0.29) is 23.3 Å². The van der Waals surface area contributed by atoms with E-state index in [0.29, 0.717) is 18.1 Å². The minimum Gasteiger partial charge on any atom is -0.450 e. The quantitative estimate of drug-likeness (QED) is 0.823. The topological polar surface area (TPSA) is 71.1 Å². The minimum atomic E-state index is -0.362. The molecule has 0 radical (unpaired) electrons. The molecule has 7 nitrogen and oxygen atoms in total. The second kappa shape index (κ2) is 5.50. The van der Waals surface area contributed by atoms with Crippen molar-refractivity contribution in [3.05, 3.63) is 0 Å². The number of nitrogens with one attached hydrogen (secondary N) is 1. The number of carbonyl (C=O) groups excluding carboxylic acids is 2. The highest BCUT2D eigenvalue weighted by Crippen LogP contribution is 2.51. The number of amides is 2. The van der Waals surface area contributed by atoms with Crippen LogP contribution in [0.2, 0.25) is 0 Å². The number of carbonyl (C=O) groups is 2. The van der Waals surface area contributed by atoms with E-state index in [0.717, 1.165) is 51.9 Å². The fourth-order valence-electron chi connectivity index (χ4n) is 5.24. The van der Waals surface area contributed by atoms with Crippen molar-refractivity contribution in [2.45, 2.75) is 63.6 Å². The second-order valence-corrected chi connectivity index (χ2v) is 8.79. The van der Waals surface area contributed by atoms with Gasteiger partial charge in [-0.25, -0.2) is 9.59 Å². The molecule has 4 rings (SSSR count). The predicted octanol–water partition coefficient (Wildman–Crippen LogP) is 1.96. The first-order chi connectivity index (χ1) is 11.8. The van der Waals surface area contributed by atoms with Gasteiger partial charge in [-0.2, -0.15) is 0 Å². The molecule has 7 heteroatoms. The number of rotatable bonds is 2. The zero-order chi connectivity index (χ0) is 17.9. The summed E-state index contributed by atoms with van der Waals surface area (Å²) >= 11 is 0. The molecule has 1 saturated carbocycles. The van der Waals surface area contributed by atoms with Gasteiger partial charge in [-0.15, -0.1) is 0 Å². The van der Waals surface area contributed by atoms with Crippen LogP contribution in [0.25, 0.3) is 0 Å². The molecule has 0 atom stereocenters. The maximum atomic E-state index is 11.7. The molecular formula is C18H29N3O4. The normalized spacial score (nSPS) is 29.7. The Labute approximate surface area is 149 Å². The van der Waals surface area contributed by atoms with Crippen LogP contribution in [0.3, 0.4) is 0 Å². The van der Waals surface area contributed by atoms with E-state index >= 15 is 0 Å². The summed E-state index contributed by atoms with van der Waals surface area (Å²) in [6.45, 7) is 10.0. The molecule has 3 aliphatic heterocycles. The summed E-state index contributed by atoms with van der Waals surface area (Å²) in [6, 6.07) is 0.606. The summed E-state index contributed by atoms with van der Waals surface area (Å²) in [6.07, 6.45) is 3.65. The molecule has 4 fully saturated rings. The van der Waals surface area contributed by atoms with Gasteiger partial charge in [0, 0.05) is 50.5 Å². The van der Waals surface area contributed by atoms with E-state index in [4.69, 9.17) is 9.47 Å². The van der Waals surface area contributed by atoms with Crippen LogP contribution in [0.4, 0.5) is 9.59 Å². The molecule has 140 valence electrons. The third-order valence-corrected chi connectivity index (χ3v) is 6.88. The van der Waals surface area contributed by atoms with Crippen LogP contribution < -0.4 is 5.32 Å². The molecule has 0 aromatic heterocycles. The molecule has 25 heavy (non-hydrogen) atoms. The van der Waals surface area contributed by atoms with Crippen molar-refractivity contribution in [3.63, 3.8) is 0 Å². The molecule has 0 aromatic rings. The highest BCUT2D eigenvalue weighted by molar-refractivity contribution is 5.72. The fraction of sp³-hybridized carbons (Fsp3) is 0.889. The Morgan fingerprint density at radius 2 is 1.92 bits per heavy atom. The Balaban J connectivity index is 1.26. The standard InChI is InChI=1S/C18H29N3O4/c1-4-24-15(23)21-11-17(12-21)9-13(10-17)20-7-5-18(6-8-20)16(2,3)19-14(22)25-18/h13H,4-12H2,1-3H3,(H,19,22). The van der Waals surface area contributed by atoms with Crippen LogP contribution in [0.15, 0.2) is 0 Å². The number of alkyl carbamates (subject to hydrolysis) is 1. The van der Waals surface area contributed by atoms with Gasteiger partial charge in [0.25, 0.3) is 0 Å². The van der Waals surface area contributed by atoms with Gasteiger partial charge in [-0.05, 0) is 33.6 Å². The van der Waals surface area contributed by atoms with Crippen molar-refractivity contribution in [3.8, 4) is 0 Å². The predicted molar refractivity (Wildman–Crippen MR) is 91.3 cm³/mol. The van der Waals surface area contributed by atoms with Crippen molar-refractivity contribution in [2.24, 2.45) is 5.41 Å². The van der Waals surface area contributed by atoms with Gasteiger partial charge in [0.1, 0.15) is 5.60 Å². The number of hydrogen-bond donors (Lipinski definition) is 1. The second-order valence-electron chi connectivity index (χ2n) is 8.79. The fourth-order valence-corrected chi connectivity index (χ4v) is 5.24. The highest BCUT2D eigenvalue weighted by atomic mass is 16.6. The molecule has 1 aliphatic carbocycles. The Hall–Kier alpha value is -1.50. The summed E-state index contributed by atoms with van der Waals surface area (Å²) in [5.74, 6) is 0. The average molecular weight is 351 g/mol. The smallest absolute Gasteiger partial charge is 0.409 e. The Morgan fingerprint density at radius 3 is 2.44 bits per heavy atom. The number of piperidine rings is 1. The first kappa shape index (κ1) is 16.9.